The molecule has 3 nitrogen and oxygen atoms in total. The molecule has 4 rings (SSSR count). The Morgan fingerprint density at radius 2 is 1.63 bits per heavy atom. The highest BCUT2D eigenvalue weighted by atomic mass is 79.9. The van der Waals surface area contributed by atoms with E-state index in [4.69, 9.17) is 16.6 Å². The molecule has 5 heteroatoms. The number of aromatic nitrogens is 1. The fraction of sp³-hybridized carbons (Fsp3) is 0.318. The Bertz CT molecular complexity index is 919. The SMILES string of the molecule is Br.Cc1ccc2nc(N3CCN(Cc4ccc(Cl)cc4)CC3)cc(C)c2c1. The summed E-state index contributed by atoms with van der Waals surface area (Å²) in [5.41, 5.74) is 5.00. The average molecular weight is 447 g/mol. The van der Waals surface area contributed by atoms with Crippen LogP contribution in [0.5, 0.6) is 0 Å². The van der Waals surface area contributed by atoms with E-state index in [2.05, 4.69) is 60.0 Å². The van der Waals surface area contributed by atoms with Crippen molar-refractivity contribution in [1.29, 1.82) is 0 Å². The molecule has 142 valence electrons. The highest BCUT2D eigenvalue weighted by Crippen LogP contribution is 2.24. The molecule has 2 aromatic carbocycles. The van der Waals surface area contributed by atoms with Gasteiger partial charge >= 0.3 is 0 Å². The molecule has 2 heterocycles. The highest BCUT2D eigenvalue weighted by Gasteiger charge is 2.19. The minimum absolute atomic E-state index is 0. The summed E-state index contributed by atoms with van der Waals surface area (Å²) >= 11 is 5.98. The van der Waals surface area contributed by atoms with E-state index in [1.807, 2.05) is 12.1 Å². The zero-order chi connectivity index (χ0) is 18.1. The second-order valence-electron chi connectivity index (χ2n) is 7.21. The van der Waals surface area contributed by atoms with Crippen LogP contribution in [-0.2, 0) is 6.54 Å². The van der Waals surface area contributed by atoms with Crippen LogP contribution in [0.4, 0.5) is 5.82 Å². The molecule has 0 radical (unpaired) electrons. The maximum atomic E-state index is 5.98. The lowest BCUT2D eigenvalue weighted by atomic mass is 10.1. The molecule has 0 saturated carbocycles. The Morgan fingerprint density at radius 1 is 0.926 bits per heavy atom. The first-order chi connectivity index (χ1) is 12.6. The van der Waals surface area contributed by atoms with Gasteiger partial charge in [0.15, 0.2) is 0 Å². The number of aryl methyl sites for hydroxylation is 2. The van der Waals surface area contributed by atoms with E-state index in [1.165, 1.54) is 22.1 Å². The van der Waals surface area contributed by atoms with Gasteiger partial charge in [0.1, 0.15) is 5.82 Å². The van der Waals surface area contributed by atoms with E-state index in [9.17, 15) is 0 Å². The Kier molecular flexibility index (Phi) is 6.40. The van der Waals surface area contributed by atoms with Gasteiger partial charge in [0.25, 0.3) is 0 Å². The predicted octanol–water partition coefficient (Wildman–Crippen LogP) is 5.41. The lowest BCUT2D eigenvalue weighted by molar-refractivity contribution is 0.249. The van der Waals surface area contributed by atoms with E-state index in [0.29, 0.717) is 0 Å². The summed E-state index contributed by atoms with van der Waals surface area (Å²) in [5, 5.41) is 2.06. The first-order valence-electron chi connectivity index (χ1n) is 9.18. The van der Waals surface area contributed by atoms with Gasteiger partial charge in [-0.2, -0.15) is 0 Å². The number of fused-ring (bicyclic) bond motifs is 1. The Morgan fingerprint density at radius 3 is 2.33 bits per heavy atom. The smallest absolute Gasteiger partial charge is 0.129 e. The maximum absolute atomic E-state index is 5.98. The van der Waals surface area contributed by atoms with E-state index >= 15 is 0 Å². The second-order valence-corrected chi connectivity index (χ2v) is 7.64. The fourth-order valence-corrected chi connectivity index (χ4v) is 3.76. The Labute approximate surface area is 176 Å². The van der Waals surface area contributed by atoms with Crippen molar-refractivity contribution in [1.82, 2.24) is 9.88 Å². The molecule has 1 aliphatic rings. The number of benzene rings is 2. The lowest BCUT2D eigenvalue weighted by Crippen LogP contribution is -2.46. The van der Waals surface area contributed by atoms with Gasteiger partial charge < -0.3 is 4.90 Å². The number of hydrogen-bond acceptors (Lipinski definition) is 3. The van der Waals surface area contributed by atoms with Gasteiger partial charge in [-0.15, -0.1) is 17.0 Å². The zero-order valence-electron chi connectivity index (χ0n) is 15.8. The number of piperazine rings is 1. The molecule has 0 amide bonds. The van der Waals surface area contributed by atoms with Crippen molar-refractivity contribution in [3.05, 3.63) is 70.2 Å². The van der Waals surface area contributed by atoms with Crippen molar-refractivity contribution in [3.8, 4) is 0 Å². The predicted molar refractivity (Wildman–Crippen MR) is 120 cm³/mol. The van der Waals surface area contributed by atoms with Gasteiger partial charge in [-0.05, 0) is 55.3 Å². The number of anilines is 1. The molecule has 1 aliphatic heterocycles. The second kappa shape index (κ2) is 8.59. The molecule has 27 heavy (non-hydrogen) atoms. The maximum Gasteiger partial charge on any atom is 0.129 e. The van der Waals surface area contributed by atoms with E-state index in [-0.39, 0.29) is 17.0 Å². The van der Waals surface area contributed by atoms with Crippen molar-refractivity contribution in [2.24, 2.45) is 0 Å². The number of hydrogen-bond donors (Lipinski definition) is 0. The van der Waals surface area contributed by atoms with Gasteiger partial charge in [-0.1, -0.05) is 35.4 Å². The molecule has 1 fully saturated rings. The third kappa shape index (κ3) is 4.63. The van der Waals surface area contributed by atoms with Crippen LogP contribution in [0.3, 0.4) is 0 Å². The van der Waals surface area contributed by atoms with Crippen molar-refractivity contribution in [3.63, 3.8) is 0 Å². The number of nitrogens with zero attached hydrogens (tertiary/aromatic N) is 3. The van der Waals surface area contributed by atoms with Crippen LogP contribution in [0.1, 0.15) is 16.7 Å². The van der Waals surface area contributed by atoms with Crippen molar-refractivity contribution < 1.29 is 0 Å². The van der Waals surface area contributed by atoms with Crippen molar-refractivity contribution in [2.45, 2.75) is 20.4 Å². The van der Waals surface area contributed by atoms with E-state index in [1.54, 1.807) is 0 Å². The van der Waals surface area contributed by atoms with Crippen LogP contribution in [0, 0.1) is 13.8 Å². The largest absolute Gasteiger partial charge is 0.354 e. The summed E-state index contributed by atoms with van der Waals surface area (Å²) < 4.78 is 0. The Balaban J connectivity index is 0.00000210. The number of rotatable bonds is 3. The van der Waals surface area contributed by atoms with Gasteiger partial charge in [0, 0.05) is 43.1 Å². The normalized spacial score (nSPS) is 15.0. The molecule has 0 aliphatic carbocycles. The third-order valence-corrected chi connectivity index (χ3v) is 5.43. The summed E-state index contributed by atoms with van der Waals surface area (Å²) in [6, 6.07) is 16.9. The minimum Gasteiger partial charge on any atom is -0.354 e. The molecular weight excluding hydrogens is 422 g/mol. The van der Waals surface area contributed by atoms with Crippen LogP contribution in [0.15, 0.2) is 48.5 Å². The van der Waals surface area contributed by atoms with Crippen LogP contribution in [0.25, 0.3) is 10.9 Å². The average Bonchev–Trinajstić information content (AvgIpc) is 2.65. The lowest BCUT2D eigenvalue weighted by Gasteiger charge is -2.35. The minimum atomic E-state index is 0. The van der Waals surface area contributed by atoms with Crippen LogP contribution in [0.2, 0.25) is 5.02 Å². The van der Waals surface area contributed by atoms with Gasteiger partial charge in [-0.3, -0.25) is 4.90 Å². The topological polar surface area (TPSA) is 19.4 Å². The summed E-state index contributed by atoms with van der Waals surface area (Å²) in [6.45, 7) is 9.42. The first kappa shape index (κ1) is 20.1. The quantitative estimate of drug-likeness (QED) is 0.536. The van der Waals surface area contributed by atoms with Gasteiger partial charge in [0.05, 0.1) is 5.52 Å². The highest BCUT2D eigenvalue weighted by molar-refractivity contribution is 8.93. The van der Waals surface area contributed by atoms with Gasteiger partial charge in [-0.25, -0.2) is 4.98 Å². The van der Waals surface area contributed by atoms with Gasteiger partial charge in [0.2, 0.25) is 0 Å². The molecule has 1 aromatic heterocycles. The summed E-state index contributed by atoms with van der Waals surface area (Å²) in [4.78, 5) is 9.82. The monoisotopic (exact) mass is 445 g/mol. The standard InChI is InChI=1S/C22H24ClN3.BrH/c1-16-3-8-21-20(13-16)17(2)14-22(24-21)26-11-9-25(10-12-26)15-18-4-6-19(23)7-5-18;/h3-8,13-14H,9-12,15H2,1-2H3;1H. The van der Waals surface area contributed by atoms with E-state index < -0.39 is 0 Å². The molecule has 0 N–H and O–H groups in total. The number of pyridine rings is 1. The zero-order valence-corrected chi connectivity index (χ0v) is 18.3. The third-order valence-electron chi connectivity index (χ3n) is 5.17. The summed E-state index contributed by atoms with van der Waals surface area (Å²) in [5.74, 6) is 1.10. The van der Waals surface area contributed by atoms with Crippen LogP contribution < -0.4 is 4.90 Å². The van der Waals surface area contributed by atoms with Crippen LogP contribution in [-0.4, -0.2) is 36.1 Å². The molecule has 0 spiro atoms. The molecule has 0 atom stereocenters. The molecule has 0 bridgehead atoms. The fourth-order valence-electron chi connectivity index (χ4n) is 3.64. The van der Waals surface area contributed by atoms with Crippen molar-refractivity contribution in [2.75, 3.05) is 31.1 Å². The van der Waals surface area contributed by atoms with Crippen LogP contribution >= 0.6 is 28.6 Å². The van der Waals surface area contributed by atoms with E-state index in [0.717, 1.165) is 49.1 Å². The molecule has 1 saturated heterocycles. The summed E-state index contributed by atoms with van der Waals surface area (Å²) in [6.07, 6.45) is 0. The number of halogens is 2. The molecule has 3 aromatic rings. The molecule has 0 unspecified atom stereocenters. The Hall–Kier alpha value is -1.62. The summed E-state index contributed by atoms with van der Waals surface area (Å²) in [7, 11) is 0. The van der Waals surface area contributed by atoms with Crippen molar-refractivity contribution >= 4 is 45.3 Å². The first-order valence-corrected chi connectivity index (χ1v) is 9.56. The molecular formula is C22H25BrClN3.